The molecule has 0 saturated carbocycles. The fourth-order valence-electron chi connectivity index (χ4n) is 2.57. The normalized spacial score (nSPS) is 12.7. The van der Waals surface area contributed by atoms with Gasteiger partial charge in [-0.2, -0.15) is 5.10 Å². The van der Waals surface area contributed by atoms with Gasteiger partial charge in [-0.1, -0.05) is 19.1 Å². The van der Waals surface area contributed by atoms with E-state index in [1.807, 2.05) is 16.8 Å². The number of aliphatic carboxylic acids is 2. The number of benzene rings is 1. The second kappa shape index (κ2) is 11.2. The summed E-state index contributed by atoms with van der Waals surface area (Å²) in [5.41, 5.74) is 2.13. The third kappa shape index (κ3) is 7.09. The topological polar surface area (TPSA) is 142 Å². The SMILES string of the molecule is CCCn1ncnc1-c1ccccc1NCC1=NCCN1.O=C(O)C=CC(=O)O. The van der Waals surface area contributed by atoms with E-state index >= 15 is 0 Å². The Balaban J connectivity index is 0.000000321. The van der Waals surface area contributed by atoms with Gasteiger partial charge in [-0.25, -0.2) is 19.3 Å². The van der Waals surface area contributed by atoms with Crippen LogP contribution < -0.4 is 10.6 Å². The monoisotopic (exact) mass is 400 g/mol. The molecule has 0 amide bonds. The van der Waals surface area contributed by atoms with E-state index in [2.05, 4.69) is 44.8 Å². The van der Waals surface area contributed by atoms with Crippen LogP contribution in [0.15, 0.2) is 47.7 Å². The zero-order chi connectivity index (χ0) is 21.1. The molecular weight excluding hydrogens is 376 g/mol. The molecule has 2 heterocycles. The molecule has 2 aromatic rings. The summed E-state index contributed by atoms with van der Waals surface area (Å²) in [5, 5.41) is 26.6. The second-order valence-corrected chi connectivity index (χ2v) is 5.97. The molecule has 4 N–H and O–H groups in total. The first-order valence-corrected chi connectivity index (χ1v) is 9.13. The van der Waals surface area contributed by atoms with Crippen LogP contribution in [0.5, 0.6) is 0 Å². The lowest BCUT2D eigenvalue weighted by Crippen LogP contribution is -2.26. The highest BCUT2D eigenvalue weighted by Gasteiger charge is 2.12. The molecule has 0 fully saturated rings. The Bertz CT molecular complexity index is 874. The van der Waals surface area contributed by atoms with Gasteiger partial charge in [-0.05, 0) is 18.6 Å². The van der Waals surface area contributed by atoms with Crippen LogP contribution in [-0.2, 0) is 16.1 Å². The van der Waals surface area contributed by atoms with Crippen molar-refractivity contribution in [1.29, 1.82) is 0 Å². The van der Waals surface area contributed by atoms with E-state index in [0.29, 0.717) is 18.7 Å². The van der Waals surface area contributed by atoms with Crippen molar-refractivity contribution in [3.63, 3.8) is 0 Å². The van der Waals surface area contributed by atoms with E-state index in [1.165, 1.54) is 0 Å². The Morgan fingerprint density at radius 1 is 1.24 bits per heavy atom. The second-order valence-electron chi connectivity index (χ2n) is 5.97. The van der Waals surface area contributed by atoms with Crippen LogP contribution in [0.3, 0.4) is 0 Å². The van der Waals surface area contributed by atoms with Gasteiger partial charge in [0.1, 0.15) is 12.2 Å². The fraction of sp³-hybridized carbons (Fsp3) is 0.316. The summed E-state index contributed by atoms with van der Waals surface area (Å²) >= 11 is 0. The van der Waals surface area contributed by atoms with Crippen molar-refractivity contribution in [1.82, 2.24) is 20.1 Å². The Morgan fingerprint density at radius 3 is 2.59 bits per heavy atom. The van der Waals surface area contributed by atoms with Crippen molar-refractivity contribution in [2.24, 2.45) is 4.99 Å². The smallest absolute Gasteiger partial charge is 0.328 e. The zero-order valence-corrected chi connectivity index (χ0v) is 16.1. The number of para-hydroxylation sites is 1. The van der Waals surface area contributed by atoms with E-state index in [1.54, 1.807) is 6.33 Å². The summed E-state index contributed by atoms with van der Waals surface area (Å²) in [6.45, 7) is 5.52. The molecule has 0 bridgehead atoms. The van der Waals surface area contributed by atoms with Crippen LogP contribution in [0.4, 0.5) is 5.69 Å². The first-order valence-electron chi connectivity index (χ1n) is 9.13. The van der Waals surface area contributed by atoms with Crippen LogP contribution in [0.25, 0.3) is 11.4 Å². The molecule has 0 aliphatic carbocycles. The Hall–Kier alpha value is -3.69. The number of aromatic nitrogens is 3. The lowest BCUT2D eigenvalue weighted by atomic mass is 10.1. The highest BCUT2D eigenvalue weighted by molar-refractivity contribution is 5.89. The number of aliphatic imine (C=N–C) groups is 1. The maximum atomic E-state index is 9.55. The van der Waals surface area contributed by atoms with Gasteiger partial charge in [0.05, 0.1) is 13.1 Å². The summed E-state index contributed by atoms with van der Waals surface area (Å²) in [4.78, 5) is 27.9. The molecular formula is C19H24N6O4. The molecule has 0 saturated heterocycles. The van der Waals surface area contributed by atoms with Gasteiger partial charge in [0, 0.05) is 36.5 Å². The predicted molar refractivity (Wildman–Crippen MR) is 109 cm³/mol. The third-order valence-corrected chi connectivity index (χ3v) is 3.78. The predicted octanol–water partition coefficient (Wildman–Crippen LogP) is 1.48. The number of carboxylic acids is 2. The minimum Gasteiger partial charge on any atom is -0.478 e. The molecule has 1 aliphatic heterocycles. The molecule has 10 nitrogen and oxygen atoms in total. The third-order valence-electron chi connectivity index (χ3n) is 3.78. The van der Waals surface area contributed by atoms with Crippen molar-refractivity contribution < 1.29 is 19.8 Å². The standard InChI is InChI=1S/C15H20N6.C4H4O4/c1-2-9-21-15(19-11-20-21)12-5-3-4-6-13(12)18-10-14-16-7-8-17-14;5-3(6)1-2-4(7)8/h3-6,11,18H,2,7-10H2,1H3,(H,16,17);1-2H,(H,5,6)(H,7,8). The highest BCUT2D eigenvalue weighted by atomic mass is 16.4. The van der Waals surface area contributed by atoms with Crippen LogP contribution >= 0.6 is 0 Å². The van der Waals surface area contributed by atoms with Gasteiger partial charge in [0.15, 0.2) is 5.82 Å². The van der Waals surface area contributed by atoms with Crippen molar-refractivity contribution in [2.45, 2.75) is 19.9 Å². The van der Waals surface area contributed by atoms with Gasteiger partial charge in [-0.15, -0.1) is 0 Å². The van der Waals surface area contributed by atoms with Crippen LogP contribution in [0, 0.1) is 0 Å². The van der Waals surface area contributed by atoms with Crippen LogP contribution in [0.1, 0.15) is 13.3 Å². The van der Waals surface area contributed by atoms with Crippen molar-refractivity contribution in [2.75, 3.05) is 25.0 Å². The lowest BCUT2D eigenvalue weighted by molar-refractivity contribution is -0.134. The summed E-state index contributed by atoms with van der Waals surface area (Å²) in [6, 6.07) is 8.19. The molecule has 0 atom stereocenters. The number of hydrogen-bond donors (Lipinski definition) is 4. The highest BCUT2D eigenvalue weighted by Crippen LogP contribution is 2.25. The number of carbonyl (C=O) groups is 2. The summed E-state index contributed by atoms with van der Waals surface area (Å²) in [6.07, 6.45) is 3.77. The average Bonchev–Trinajstić information content (AvgIpc) is 3.38. The number of hydrogen-bond acceptors (Lipinski definition) is 7. The van der Waals surface area contributed by atoms with Gasteiger partial charge in [-0.3, -0.25) is 4.99 Å². The maximum absolute atomic E-state index is 9.55. The van der Waals surface area contributed by atoms with E-state index in [-0.39, 0.29) is 0 Å². The zero-order valence-electron chi connectivity index (χ0n) is 16.1. The molecule has 0 spiro atoms. The number of nitrogens with zero attached hydrogens (tertiary/aromatic N) is 4. The van der Waals surface area contributed by atoms with Crippen molar-refractivity contribution >= 4 is 23.5 Å². The van der Waals surface area contributed by atoms with Crippen LogP contribution in [-0.4, -0.2) is 62.4 Å². The summed E-state index contributed by atoms with van der Waals surface area (Å²) in [7, 11) is 0. The summed E-state index contributed by atoms with van der Waals surface area (Å²) < 4.78 is 1.95. The van der Waals surface area contributed by atoms with Gasteiger partial charge >= 0.3 is 11.9 Å². The Labute approximate surface area is 168 Å². The largest absolute Gasteiger partial charge is 0.478 e. The molecule has 3 rings (SSSR count). The number of anilines is 1. The molecule has 0 unspecified atom stereocenters. The van der Waals surface area contributed by atoms with Crippen LogP contribution in [0.2, 0.25) is 0 Å². The maximum Gasteiger partial charge on any atom is 0.328 e. The lowest BCUT2D eigenvalue weighted by Gasteiger charge is -2.12. The minimum absolute atomic E-state index is 0.558. The van der Waals surface area contributed by atoms with Crippen molar-refractivity contribution in [3.05, 3.63) is 42.7 Å². The first kappa shape index (κ1) is 21.6. The Kier molecular flexibility index (Phi) is 8.36. The van der Waals surface area contributed by atoms with E-state index < -0.39 is 11.9 Å². The average molecular weight is 400 g/mol. The molecule has 29 heavy (non-hydrogen) atoms. The Morgan fingerprint density at radius 2 is 1.97 bits per heavy atom. The number of amidine groups is 1. The van der Waals surface area contributed by atoms with E-state index in [4.69, 9.17) is 10.2 Å². The quantitative estimate of drug-likeness (QED) is 0.488. The minimum atomic E-state index is -1.26. The number of nitrogens with one attached hydrogen (secondary N) is 2. The molecule has 154 valence electrons. The molecule has 1 aliphatic rings. The van der Waals surface area contributed by atoms with Gasteiger partial charge in [0.2, 0.25) is 0 Å². The molecule has 0 radical (unpaired) electrons. The molecule has 10 heteroatoms. The van der Waals surface area contributed by atoms with Gasteiger partial charge in [0.25, 0.3) is 0 Å². The van der Waals surface area contributed by atoms with Gasteiger partial charge < -0.3 is 20.8 Å². The first-order chi connectivity index (χ1) is 14.0. The van der Waals surface area contributed by atoms with Crippen molar-refractivity contribution in [3.8, 4) is 11.4 Å². The fourth-order valence-corrected chi connectivity index (χ4v) is 2.57. The summed E-state index contributed by atoms with van der Waals surface area (Å²) in [5.74, 6) is -0.596. The van der Waals surface area contributed by atoms with E-state index in [0.717, 1.165) is 49.0 Å². The number of aryl methyl sites for hydroxylation is 1. The number of rotatable bonds is 8. The molecule has 1 aromatic heterocycles. The molecule has 1 aromatic carbocycles. The van der Waals surface area contributed by atoms with E-state index in [9.17, 15) is 9.59 Å². The number of carboxylic acid groups (broad SMARTS) is 2.